The highest BCUT2D eigenvalue weighted by Gasteiger charge is 2.10. The van der Waals surface area contributed by atoms with E-state index in [9.17, 15) is 0 Å². The molecule has 1 fully saturated rings. The van der Waals surface area contributed by atoms with Crippen molar-refractivity contribution in [3.05, 3.63) is 18.3 Å². The van der Waals surface area contributed by atoms with Gasteiger partial charge in [0.05, 0.1) is 11.9 Å². The van der Waals surface area contributed by atoms with Gasteiger partial charge in [0.15, 0.2) is 0 Å². The Kier molecular flexibility index (Phi) is 4.01. The summed E-state index contributed by atoms with van der Waals surface area (Å²) in [6, 6.07) is 4.00. The molecule has 4 nitrogen and oxygen atoms in total. The third-order valence-corrected chi connectivity index (χ3v) is 2.72. The fourth-order valence-electron chi connectivity index (χ4n) is 1.62. The number of ether oxygens (including phenoxy) is 1. The Morgan fingerprint density at radius 3 is 2.80 bits per heavy atom. The van der Waals surface area contributed by atoms with E-state index in [0.717, 1.165) is 26.2 Å². The van der Waals surface area contributed by atoms with E-state index in [2.05, 4.69) is 43.9 Å². The predicted octanol–water partition coefficient (Wildman–Crippen LogP) is 1.26. The second-order valence-corrected chi connectivity index (χ2v) is 3.97. The van der Waals surface area contributed by atoms with Crippen LogP contribution in [0.3, 0.4) is 0 Å². The van der Waals surface area contributed by atoms with Crippen LogP contribution in [-0.2, 0) is 0 Å². The van der Waals surface area contributed by atoms with Crippen LogP contribution < -0.4 is 15.0 Å². The molecule has 1 saturated heterocycles. The summed E-state index contributed by atoms with van der Waals surface area (Å²) in [4.78, 5) is 6.59. The van der Waals surface area contributed by atoms with Crippen LogP contribution in [0.1, 0.15) is 0 Å². The molecular formula is C10H14IN3O. The molecule has 1 aliphatic heterocycles. The Morgan fingerprint density at radius 1 is 1.40 bits per heavy atom. The van der Waals surface area contributed by atoms with Gasteiger partial charge < -0.3 is 15.0 Å². The van der Waals surface area contributed by atoms with Crippen LogP contribution in [0, 0.1) is 0 Å². The van der Waals surface area contributed by atoms with Crippen molar-refractivity contribution < 1.29 is 4.74 Å². The Balaban J connectivity index is 2.02. The molecule has 5 heteroatoms. The summed E-state index contributed by atoms with van der Waals surface area (Å²) in [6.07, 6.45) is 1.88. The number of hydrogen-bond donors (Lipinski definition) is 1. The maximum atomic E-state index is 5.29. The van der Waals surface area contributed by atoms with Crippen molar-refractivity contribution >= 4 is 28.3 Å². The van der Waals surface area contributed by atoms with Crippen molar-refractivity contribution in [2.24, 2.45) is 0 Å². The number of nitrogens with one attached hydrogen (secondary N) is 1. The Labute approximate surface area is 103 Å². The van der Waals surface area contributed by atoms with Crippen molar-refractivity contribution in [3.8, 4) is 5.88 Å². The Morgan fingerprint density at radius 2 is 2.20 bits per heavy atom. The quantitative estimate of drug-likeness (QED) is 0.672. The smallest absolute Gasteiger partial charge is 0.214 e. The molecule has 0 radical (unpaired) electrons. The van der Waals surface area contributed by atoms with Gasteiger partial charge in [0.25, 0.3) is 0 Å². The van der Waals surface area contributed by atoms with Crippen LogP contribution in [-0.4, -0.2) is 35.8 Å². The molecule has 0 atom stereocenters. The van der Waals surface area contributed by atoms with Crippen molar-refractivity contribution in [1.82, 2.24) is 10.3 Å². The van der Waals surface area contributed by atoms with Crippen LogP contribution in [0.4, 0.5) is 5.69 Å². The second kappa shape index (κ2) is 5.50. The third-order valence-electron chi connectivity index (χ3n) is 2.41. The van der Waals surface area contributed by atoms with Gasteiger partial charge in [-0.15, -0.1) is 0 Å². The molecule has 0 aromatic carbocycles. The lowest BCUT2D eigenvalue weighted by atomic mass is 10.3. The summed E-state index contributed by atoms with van der Waals surface area (Å²) in [5.74, 6) is 0.697. The lowest BCUT2D eigenvalue weighted by Gasteiger charge is -2.29. The van der Waals surface area contributed by atoms with Crippen LogP contribution in [0.2, 0.25) is 0 Å². The average Bonchev–Trinajstić information content (AvgIpc) is 2.32. The topological polar surface area (TPSA) is 37.4 Å². The molecule has 0 unspecified atom stereocenters. The van der Waals surface area contributed by atoms with Gasteiger partial charge >= 0.3 is 0 Å². The first-order valence-corrected chi connectivity index (χ1v) is 6.53. The van der Waals surface area contributed by atoms with Gasteiger partial charge in [-0.3, -0.25) is 0 Å². The predicted molar refractivity (Wildman–Crippen MR) is 68.8 cm³/mol. The van der Waals surface area contributed by atoms with E-state index in [1.54, 1.807) is 0 Å². The molecule has 1 aromatic heterocycles. The molecule has 1 aromatic rings. The van der Waals surface area contributed by atoms with Gasteiger partial charge in [-0.2, -0.15) is 0 Å². The van der Waals surface area contributed by atoms with E-state index in [4.69, 9.17) is 4.74 Å². The van der Waals surface area contributed by atoms with Gasteiger partial charge in [0.2, 0.25) is 5.88 Å². The summed E-state index contributed by atoms with van der Waals surface area (Å²) in [5, 5.41) is 3.33. The minimum Gasteiger partial charge on any atom is -0.467 e. The fourth-order valence-corrected chi connectivity index (χ4v) is 1.94. The molecule has 15 heavy (non-hydrogen) atoms. The van der Waals surface area contributed by atoms with Crippen LogP contribution in [0.15, 0.2) is 18.3 Å². The Bertz CT molecular complexity index is 298. The molecule has 2 heterocycles. The van der Waals surface area contributed by atoms with Crippen LogP contribution >= 0.6 is 22.6 Å². The van der Waals surface area contributed by atoms with E-state index in [1.807, 2.05) is 12.3 Å². The van der Waals surface area contributed by atoms with Crippen LogP contribution in [0.25, 0.3) is 0 Å². The number of piperazine rings is 1. The van der Waals surface area contributed by atoms with Gasteiger partial charge in [-0.05, 0) is 28.7 Å². The molecule has 0 saturated carbocycles. The molecule has 0 spiro atoms. The maximum absolute atomic E-state index is 5.29. The minimum absolute atomic E-state index is 0.637. The highest BCUT2D eigenvalue weighted by Crippen LogP contribution is 2.16. The number of aromatic nitrogens is 1. The summed E-state index contributed by atoms with van der Waals surface area (Å²) in [6.45, 7) is 4.19. The van der Waals surface area contributed by atoms with Crippen molar-refractivity contribution in [2.45, 2.75) is 0 Å². The number of nitrogens with zero attached hydrogens (tertiary/aromatic N) is 2. The van der Waals surface area contributed by atoms with Gasteiger partial charge in [-0.1, -0.05) is 0 Å². The zero-order valence-corrected chi connectivity index (χ0v) is 10.6. The number of rotatable bonds is 3. The largest absolute Gasteiger partial charge is 0.467 e. The SMILES string of the molecule is ICOc1ccc(N2CCNCC2)cn1. The normalized spacial score (nSPS) is 16.5. The van der Waals surface area contributed by atoms with E-state index >= 15 is 0 Å². The summed E-state index contributed by atoms with van der Waals surface area (Å²) >= 11 is 2.16. The summed E-state index contributed by atoms with van der Waals surface area (Å²) in [5.41, 5.74) is 1.18. The monoisotopic (exact) mass is 319 g/mol. The van der Waals surface area contributed by atoms with E-state index in [1.165, 1.54) is 5.69 Å². The molecule has 0 amide bonds. The zero-order valence-electron chi connectivity index (χ0n) is 8.45. The highest BCUT2D eigenvalue weighted by atomic mass is 127. The molecule has 0 aliphatic carbocycles. The zero-order chi connectivity index (χ0) is 10.5. The Hall–Kier alpha value is -0.560. The van der Waals surface area contributed by atoms with Gasteiger partial charge in [0.1, 0.15) is 4.61 Å². The summed E-state index contributed by atoms with van der Waals surface area (Å²) in [7, 11) is 0. The number of anilines is 1. The van der Waals surface area contributed by atoms with Gasteiger partial charge in [0, 0.05) is 32.2 Å². The average molecular weight is 319 g/mol. The van der Waals surface area contributed by atoms with Crippen molar-refractivity contribution in [2.75, 3.05) is 35.7 Å². The minimum atomic E-state index is 0.637. The third kappa shape index (κ3) is 2.94. The number of alkyl halides is 1. The molecule has 1 N–H and O–H groups in total. The van der Waals surface area contributed by atoms with Crippen molar-refractivity contribution in [1.29, 1.82) is 0 Å². The molecule has 0 bridgehead atoms. The van der Waals surface area contributed by atoms with E-state index in [-0.39, 0.29) is 0 Å². The number of halogens is 1. The van der Waals surface area contributed by atoms with Crippen LogP contribution in [0.5, 0.6) is 5.88 Å². The van der Waals surface area contributed by atoms with Crippen molar-refractivity contribution in [3.63, 3.8) is 0 Å². The first kappa shape index (κ1) is 10.9. The lowest BCUT2D eigenvalue weighted by molar-refractivity contribution is 0.388. The van der Waals surface area contributed by atoms with E-state index < -0.39 is 0 Å². The highest BCUT2D eigenvalue weighted by molar-refractivity contribution is 14.1. The summed E-state index contributed by atoms with van der Waals surface area (Å²) < 4.78 is 5.93. The van der Waals surface area contributed by atoms with E-state index in [0.29, 0.717) is 10.5 Å². The fraction of sp³-hybridized carbons (Fsp3) is 0.500. The molecular weight excluding hydrogens is 305 g/mol. The standard InChI is InChI=1S/C10H14IN3O/c11-8-15-10-2-1-9(7-13-10)14-5-3-12-4-6-14/h1-2,7,12H,3-6,8H2. The molecule has 1 aliphatic rings. The first-order chi connectivity index (χ1) is 7.40. The van der Waals surface area contributed by atoms with Gasteiger partial charge in [-0.25, -0.2) is 4.98 Å². The molecule has 2 rings (SSSR count). The second-order valence-electron chi connectivity index (χ2n) is 3.35. The lowest BCUT2D eigenvalue weighted by Crippen LogP contribution is -2.43. The number of pyridine rings is 1. The first-order valence-electron chi connectivity index (χ1n) is 5.00. The number of hydrogen-bond acceptors (Lipinski definition) is 4. The maximum Gasteiger partial charge on any atom is 0.214 e. The molecule has 82 valence electrons.